The predicted octanol–water partition coefficient (Wildman–Crippen LogP) is 4.07. The minimum atomic E-state index is -0.338. The Hall–Kier alpha value is -2.21. The van der Waals surface area contributed by atoms with Crippen molar-refractivity contribution < 1.29 is 9.66 Å². The summed E-state index contributed by atoms with van der Waals surface area (Å²) in [5.74, 6) is 0. The molecule has 2 aromatic rings. The van der Waals surface area contributed by atoms with E-state index in [2.05, 4.69) is 23.7 Å². The SMILES string of the molecule is CC1(C)CN(c2ccc([N+](=O)[O-])c3cccnc23)CC2(CCCC2)O1. The van der Waals surface area contributed by atoms with Crippen molar-refractivity contribution in [1.82, 2.24) is 4.98 Å². The molecule has 1 aromatic heterocycles. The number of anilines is 1. The maximum absolute atomic E-state index is 11.4. The van der Waals surface area contributed by atoms with Crippen LogP contribution in [0.4, 0.5) is 11.4 Å². The number of pyridine rings is 1. The number of non-ortho nitro benzene ring substituents is 1. The van der Waals surface area contributed by atoms with Gasteiger partial charge in [0, 0.05) is 25.4 Å². The number of aromatic nitrogens is 1. The van der Waals surface area contributed by atoms with E-state index in [0.29, 0.717) is 10.9 Å². The van der Waals surface area contributed by atoms with Gasteiger partial charge in [0.15, 0.2) is 0 Å². The van der Waals surface area contributed by atoms with Crippen LogP contribution in [0.5, 0.6) is 0 Å². The molecule has 132 valence electrons. The van der Waals surface area contributed by atoms with E-state index in [1.807, 2.05) is 6.07 Å². The van der Waals surface area contributed by atoms with E-state index in [1.165, 1.54) is 12.8 Å². The standard InChI is InChI=1S/C19H23N3O3/c1-18(2)12-21(13-19(25-18)9-3-4-10-19)16-8-7-15(22(23)24)14-6-5-11-20-17(14)16/h5-8,11H,3-4,9-10,12-13H2,1-2H3. The zero-order valence-corrected chi connectivity index (χ0v) is 14.7. The average molecular weight is 341 g/mol. The van der Waals surface area contributed by atoms with Crippen molar-refractivity contribution in [2.45, 2.75) is 50.7 Å². The molecule has 4 rings (SSSR count). The molecule has 0 amide bonds. The highest BCUT2D eigenvalue weighted by atomic mass is 16.6. The molecule has 25 heavy (non-hydrogen) atoms. The van der Waals surface area contributed by atoms with Gasteiger partial charge in [-0.05, 0) is 44.9 Å². The summed E-state index contributed by atoms with van der Waals surface area (Å²) in [7, 11) is 0. The van der Waals surface area contributed by atoms with E-state index in [1.54, 1.807) is 24.4 Å². The number of fused-ring (bicyclic) bond motifs is 1. The summed E-state index contributed by atoms with van der Waals surface area (Å²) >= 11 is 0. The Kier molecular flexibility index (Phi) is 3.68. The molecule has 1 aromatic carbocycles. The molecule has 2 fully saturated rings. The molecule has 1 aliphatic carbocycles. The molecular formula is C19H23N3O3. The molecule has 0 radical (unpaired) electrons. The Bertz CT molecular complexity index is 828. The lowest BCUT2D eigenvalue weighted by molar-refractivity contribution is -0.383. The second-order valence-electron chi connectivity index (χ2n) is 7.87. The Morgan fingerprint density at radius 1 is 1.20 bits per heavy atom. The topological polar surface area (TPSA) is 68.5 Å². The fraction of sp³-hybridized carbons (Fsp3) is 0.526. The number of hydrogen-bond acceptors (Lipinski definition) is 5. The van der Waals surface area contributed by atoms with E-state index in [4.69, 9.17) is 4.74 Å². The van der Waals surface area contributed by atoms with Gasteiger partial charge in [-0.25, -0.2) is 0 Å². The second-order valence-corrected chi connectivity index (χ2v) is 7.87. The van der Waals surface area contributed by atoms with Gasteiger partial charge < -0.3 is 9.64 Å². The van der Waals surface area contributed by atoms with Crippen LogP contribution in [-0.4, -0.2) is 34.2 Å². The Labute approximate surface area is 146 Å². The Balaban J connectivity index is 1.81. The summed E-state index contributed by atoms with van der Waals surface area (Å²) in [6, 6.07) is 6.97. The highest BCUT2D eigenvalue weighted by molar-refractivity contribution is 5.97. The van der Waals surface area contributed by atoms with Crippen LogP contribution in [0.3, 0.4) is 0 Å². The number of nitro benzene ring substituents is 1. The lowest BCUT2D eigenvalue weighted by atomic mass is 9.93. The normalized spacial score (nSPS) is 21.8. The molecule has 6 heteroatoms. The molecule has 1 spiro atoms. The fourth-order valence-electron chi connectivity index (χ4n) is 4.52. The molecular weight excluding hydrogens is 318 g/mol. The number of benzene rings is 1. The maximum Gasteiger partial charge on any atom is 0.278 e. The summed E-state index contributed by atoms with van der Waals surface area (Å²) in [6.45, 7) is 5.82. The van der Waals surface area contributed by atoms with Crippen molar-refractivity contribution >= 4 is 22.3 Å². The highest BCUT2D eigenvalue weighted by Gasteiger charge is 2.46. The number of morpholine rings is 1. The highest BCUT2D eigenvalue weighted by Crippen LogP contribution is 2.43. The number of nitro groups is 1. The Morgan fingerprint density at radius 2 is 1.96 bits per heavy atom. The average Bonchev–Trinajstić information content (AvgIpc) is 2.99. The summed E-state index contributed by atoms with van der Waals surface area (Å²) < 4.78 is 6.48. The molecule has 2 heterocycles. The number of rotatable bonds is 2. The van der Waals surface area contributed by atoms with Crippen LogP contribution in [-0.2, 0) is 4.74 Å². The van der Waals surface area contributed by atoms with E-state index in [-0.39, 0.29) is 21.8 Å². The monoisotopic (exact) mass is 341 g/mol. The molecule has 1 saturated carbocycles. The van der Waals surface area contributed by atoms with E-state index >= 15 is 0 Å². The molecule has 2 aliphatic rings. The van der Waals surface area contributed by atoms with Crippen LogP contribution in [0, 0.1) is 10.1 Å². The van der Waals surface area contributed by atoms with Crippen molar-refractivity contribution in [3.8, 4) is 0 Å². The van der Waals surface area contributed by atoms with Crippen LogP contribution in [0.2, 0.25) is 0 Å². The second kappa shape index (κ2) is 5.66. The van der Waals surface area contributed by atoms with Gasteiger partial charge in [0.25, 0.3) is 5.69 Å². The zero-order chi connectivity index (χ0) is 17.7. The van der Waals surface area contributed by atoms with Crippen LogP contribution in [0.25, 0.3) is 10.9 Å². The van der Waals surface area contributed by atoms with Crippen LogP contribution in [0.1, 0.15) is 39.5 Å². The molecule has 1 saturated heterocycles. The smallest absolute Gasteiger partial charge is 0.278 e. The van der Waals surface area contributed by atoms with Crippen molar-refractivity contribution in [3.63, 3.8) is 0 Å². The zero-order valence-electron chi connectivity index (χ0n) is 14.7. The third kappa shape index (κ3) is 2.84. The number of nitrogens with zero attached hydrogens (tertiary/aromatic N) is 3. The quantitative estimate of drug-likeness (QED) is 0.608. The number of ether oxygens (including phenoxy) is 1. The van der Waals surface area contributed by atoms with Gasteiger partial charge in [0.05, 0.1) is 27.2 Å². The third-order valence-electron chi connectivity index (χ3n) is 5.32. The fourth-order valence-corrected chi connectivity index (χ4v) is 4.52. The van der Waals surface area contributed by atoms with Gasteiger partial charge in [-0.3, -0.25) is 15.1 Å². The van der Waals surface area contributed by atoms with Crippen molar-refractivity contribution in [3.05, 3.63) is 40.6 Å². The van der Waals surface area contributed by atoms with E-state index < -0.39 is 0 Å². The van der Waals surface area contributed by atoms with Gasteiger partial charge in [-0.15, -0.1) is 0 Å². The summed E-state index contributed by atoms with van der Waals surface area (Å²) in [6.07, 6.45) is 6.25. The van der Waals surface area contributed by atoms with Crippen LogP contribution < -0.4 is 4.90 Å². The van der Waals surface area contributed by atoms with Crippen molar-refractivity contribution in [2.75, 3.05) is 18.0 Å². The predicted molar refractivity (Wildman–Crippen MR) is 97.0 cm³/mol. The summed E-state index contributed by atoms with van der Waals surface area (Å²) in [5, 5.41) is 11.9. The molecule has 6 nitrogen and oxygen atoms in total. The lowest BCUT2D eigenvalue weighted by Crippen LogP contribution is -2.58. The van der Waals surface area contributed by atoms with Gasteiger partial charge >= 0.3 is 0 Å². The lowest BCUT2D eigenvalue weighted by Gasteiger charge is -2.49. The van der Waals surface area contributed by atoms with Crippen molar-refractivity contribution in [1.29, 1.82) is 0 Å². The van der Waals surface area contributed by atoms with Gasteiger partial charge in [0.1, 0.15) is 5.52 Å². The largest absolute Gasteiger partial charge is 0.365 e. The first-order valence-corrected chi connectivity index (χ1v) is 8.87. The summed E-state index contributed by atoms with van der Waals surface area (Å²) in [5.41, 5.74) is 1.40. The third-order valence-corrected chi connectivity index (χ3v) is 5.32. The molecule has 0 atom stereocenters. The summed E-state index contributed by atoms with van der Waals surface area (Å²) in [4.78, 5) is 17.8. The van der Waals surface area contributed by atoms with Gasteiger partial charge in [-0.2, -0.15) is 0 Å². The van der Waals surface area contributed by atoms with Gasteiger partial charge in [-0.1, -0.05) is 12.8 Å². The molecule has 0 unspecified atom stereocenters. The Morgan fingerprint density at radius 3 is 2.68 bits per heavy atom. The number of hydrogen-bond donors (Lipinski definition) is 0. The van der Waals surface area contributed by atoms with Crippen LogP contribution >= 0.6 is 0 Å². The van der Waals surface area contributed by atoms with E-state index in [9.17, 15) is 10.1 Å². The molecule has 0 N–H and O–H groups in total. The minimum Gasteiger partial charge on any atom is -0.365 e. The first-order valence-electron chi connectivity index (χ1n) is 8.87. The first kappa shape index (κ1) is 16.3. The van der Waals surface area contributed by atoms with Crippen LogP contribution in [0.15, 0.2) is 30.5 Å². The molecule has 1 aliphatic heterocycles. The first-order chi connectivity index (χ1) is 11.9. The van der Waals surface area contributed by atoms with Gasteiger partial charge in [0.2, 0.25) is 0 Å². The van der Waals surface area contributed by atoms with E-state index in [0.717, 1.165) is 31.6 Å². The van der Waals surface area contributed by atoms with Crippen molar-refractivity contribution in [2.24, 2.45) is 0 Å². The molecule has 0 bridgehead atoms. The maximum atomic E-state index is 11.4. The minimum absolute atomic E-state index is 0.106.